The summed E-state index contributed by atoms with van der Waals surface area (Å²) in [6.07, 6.45) is 1.82. The second-order valence-corrected chi connectivity index (χ2v) is 8.12. The van der Waals surface area contributed by atoms with E-state index in [9.17, 15) is 9.59 Å². The highest BCUT2D eigenvalue weighted by Gasteiger charge is 2.44. The second-order valence-electron chi connectivity index (χ2n) is 7.40. The zero-order valence-corrected chi connectivity index (χ0v) is 15.3. The van der Waals surface area contributed by atoms with E-state index in [-0.39, 0.29) is 23.8 Å². The fourth-order valence-corrected chi connectivity index (χ4v) is 4.30. The Balaban J connectivity index is 1.77. The number of fused-ring (bicyclic) bond motifs is 4. The molecule has 24 heavy (non-hydrogen) atoms. The van der Waals surface area contributed by atoms with Crippen molar-refractivity contribution in [3.05, 3.63) is 16.6 Å². The van der Waals surface area contributed by atoms with Crippen molar-refractivity contribution in [3.8, 4) is 0 Å². The van der Waals surface area contributed by atoms with Gasteiger partial charge in [0.2, 0.25) is 11.8 Å². The van der Waals surface area contributed by atoms with E-state index in [0.29, 0.717) is 26.2 Å². The van der Waals surface area contributed by atoms with Crippen molar-refractivity contribution < 1.29 is 14.3 Å². The van der Waals surface area contributed by atoms with Crippen LogP contribution in [0.15, 0.2) is 10.9 Å². The van der Waals surface area contributed by atoms with Crippen LogP contribution in [-0.4, -0.2) is 59.4 Å². The number of nitrogens with zero attached hydrogens (tertiary/aromatic N) is 3. The lowest BCUT2D eigenvalue weighted by Gasteiger charge is -2.35. The fraction of sp³-hybridized carbons (Fsp3) is 0.706. The first-order valence-corrected chi connectivity index (χ1v) is 9.32. The van der Waals surface area contributed by atoms with Crippen LogP contribution in [0.4, 0.5) is 0 Å². The Morgan fingerprint density at radius 3 is 2.88 bits per heavy atom. The molecule has 3 saturated heterocycles. The van der Waals surface area contributed by atoms with E-state index in [4.69, 9.17) is 4.74 Å². The number of aromatic nitrogens is 1. The molecule has 0 unspecified atom stereocenters. The number of piperidine rings is 1. The van der Waals surface area contributed by atoms with Crippen molar-refractivity contribution in [1.82, 2.24) is 14.8 Å². The molecule has 0 aromatic carbocycles. The van der Waals surface area contributed by atoms with Gasteiger partial charge in [0.25, 0.3) is 0 Å². The Hall–Kier alpha value is -1.47. The summed E-state index contributed by atoms with van der Waals surface area (Å²) in [6.45, 7) is 5.87. The van der Waals surface area contributed by atoms with Crippen LogP contribution in [-0.2, 0) is 20.9 Å². The standard InChI is InChI=1S/C17H25N3O3S/c1-17(2,10-23-3)16(22)19-6-12-4-5-14(8-19)20(15(12)21)7-13-9-24-11-18-13/h9,11-12,14H,4-8,10H2,1-3H3/t12-,14+/m1/s1. The minimum absolute atomic E-state index is 0.0737. The lowest BCUT2D eigenvalue weighted by Crippen LogP contribution is -2.48. The molecule has 2 atom stereocenters. The van der Waals surface area contributed by atoms with E-state index in [2.05, 4.69) is 4.98 Å². The largest absolute Gasteiger partial charge is 0.384 e. The topological polar surface area (TPSA) is 62.7 Å². The van der Waals surface area contributed by atoms with E-state index in [1.807, 2.05) is 29.0 Å². The maximum Gasteiger partial charge on any atom is 0.230 e. The predicted octanol–water partition coefficient (Wildman–Crippen LogP) is 1.77. The molecule has 3 fully saturated rings. The van der Waals surface area contributed by atoms with E-state index in [1.165, 1.54) is 0 Å². The number of amides is 2. The smallest absolute Gasteiger partial charge is 0.230 e. The van der Waals surface area contributed by atoms with Crippen molar-refractivity contribution >= 4 is 23.2 Å². The Morgan fingerprint density at radius 2 is 2.21 bits per heavy atom. The summed E-state index contributed by atoms with van der Waals surface area (Å²) in [5.41, 5.74) is 2.15. The van der Waals surface area contributed by atoms with Crippen molar-refractivity contribution in [2.45, 2.75) is 39.3 Å². The summed E-state index contributed by atoms with van der Waals surface area (Å²) in [4.78, 5) is 33.8. The highest BCUT2D eigenvalue weighted by Crippen LogP contribution is 2.32. The van der Waals surface area contributed by atoms with Crippen LogP contribution in [0, 0.1) is 11.3 Å². The molecule has 2 amide bonds. The van der Waals surface area contributed by atoms with Gasteiger partial charge in [-0.3, -0.25) is 9.59 Å². The molecule has 132 valence electrons. The van der Waals surface area contributed by atoms with Crippen LogP contribution in [0.1, 0.15) is 32.4 Å². The SMILES string of the molecule is COCC(C)(C)C(=O)N1C[C@H]2CC[C@@H](C1)N(Cc1cscn1)C2=O. The predicted molar refractivity (Wildman–Crippen MR) is 91.4 cm³/mol. The first-order valence-electron chi connectivity index (χ1n) is 8.38. The van der Waals surface area contributed by atoms with Crippen molar-refractivity contribution in [2.75, 3.05) is 26.8 Å². The molecule has 1 aromatic rings. The quantitative estimate of drug-likeness (QED) is 0.811. The van der Waals surface area contributed by atoms with Crippen molar-refractivity contribution in [1.29, 1.82) is 0 Å². The van der Waals surface area contributed by atoms with Gasteiger partial charge >= 0.3 is 0 Å². The maximum atomic E-state index is 12.9. The number of methoxy groups -OCH3 is 1. The molecule has 3 aliphatic rings. The Bertz CT molecular complexity index is 602. The molecule has 1 aromatic heterocycles. The van der Waals surface area contributed by atoms with Gasteiger partial charge in [-0.05, 0) is 26.7 Å². The average Bonchev–Trinajstić information content (AvgIpc) is 2.90. The summed E-state index contributed by atoms with van der Waals surface area (Å²) in [5.74, 6) is 0.147. The average molecular weight is 351 g/mol. The zero-order valence-electron chi connectivity index (χ0n) is 14.5. The third-order valence-corrected chi connectivity index (χ3v) is 5.62. The molecule has 0 radical (unpaired) electrons. The Morgan fingerprint density at radius 1 is 1.42 bits per heavy atom. The first kappa shape index (κ1) is 17.4. The van der Waals surface area contributed by atoms with Crippen molar-refractivity contribution in [3.63, 3.8) is 0 Å². The molecular weight excluding hydrogens is 326 g/mol. The van der Waals surface area contributed by atoms with Gasteiger partial charge < -0.3 is 14.5 Å². The van der Waals surface area contributed by atoms with Crippen LogP contribution in [0.5, 0.6) is 0 Å². The fourth-order valence-electron chi connectivity index (χ4n) is 3.76. The lowest BCUT2D eigenvalue weighted by atomic mass is 9.92. The monoisotopic (exact) mass is 351 g/mol. The molecule has 0 aliphatic carbocycles. The summed E-state index contributed by atoms with van der Waals surface area (Å²) in [6, 6.07) is 0.0836. The summed E-state index contributed by atoms with van der Waals surface area (Å²) in [5, 5.41) is 1.98. The minimum atomic E-state index is -0.568. The van der Waals surface area contributed by atoms with Gasteiger partial charge in [-0.25, -0.2) is 4.98 Å². The van der Waals surface area contributed by atoms with Crippen LogP contribution in [0.3, 0.4) is 0 Å². The molecular formula is C17H25N3O3S. The number of carbonyl (C=O) groups excluding carboxylic acids is 2. The Kier molecular flexibility index (Phi) is 4.92. The van der Waals surface area contributed by atoms with Crippen LogP contribution < -0.4 is 0 Å². The number of rotatable bonds is 5. The molecule has 0 saturated carbocycles. The van der Waals surface area contributed by atoms with Gasteiger partial charge in [-0.15, -0.1) is 11.3 Å². The van der Waals surface area contributed by atoms with Crippen LogP contribution in [0.2, 0.25) is 0 Å². The van der Waals surface area contributed by atoms with E-state index >= 15 is 0 Å². The highest BCUT2D eigenvalue weighted by atomic mass is 32.1. The van der Waals surface area contributed by atoms with Crippen LogP contribution in [0.25, 0.3) is 0 Å². The number of hydrogen-bond donors (Lipinski definition) is 0. The molecule has 4 heterocycles. The number of hydrogen-bond acceptors (Lipinski definition) is 5. The minimum Gasteiger partial charge on any atom is -0.384 e. The molecule has 3 aliphatic heterocycles. The summed E-state index contributed by atoms with van der Waals surface area (Å²) in [7, 11) is 1.61. The number of thiazole rings is 1. The van der Waals surface area contributed by atoms with Gasteiger partial charge in [0.15, 0.2) is 0 Å². The first-order chi connectivity index (χ1) is 11.4. The zero-order chi connectivity index (χ0) is 17.3. The lowest BCUT2D eigenvalue weighted by molar-refractivity contribution is -0.143. The number of carbonyl (C=O) groups is 2. The third-order valence-electron chi connectivity index (χ3n) is 4.98. The molecule has 4 rings (SSSR count). The van der Waals surface area contributed by atoms with Gasteiger partial charge in [-0.2, -0.15) is 0 Å². The maximum absolute atomic E-state index is 12.9. The normalized spacial score (nSPS) is 24.4. The third kappa shape index (κ3) is 3.32. The van der Waals surface area contributed by atoms with E-state index in [0.717, 1.165) is 18.5 Å². The Labute approximate surface area is 146 Å². The molecule has 0 N–H and O–H groups in total. The highest BCUT2D eigenvalue weighted by molar-refractivity contribution is 7.07. The van der Waals surface area contributed by atoms with E-state index in [1.54, 1.807) is 24.0 Å². The summed E-state index contributed by atoms with van der Waals surface area (Å²) < 4.78 is 5.20. The molecule has 7 heteroatoms. The molecule has 0 spiro atoms. The van der Waals surface area contributed by atoms with Crippen molar-refractivity contribution in [2.24, 2.45) is 11.3 Å². The summed E-state index contributed by atoms with van der Waals surface area (Å²) >= 11 is 1.54. The van der Waals surface area contributed by atoms with Crippen LogP contribution >= 0.6 is 11.3 Å². The van der Waals surface area contributed by atoms with Gasteiger partial charge in [0.05, 0.1) is 35.7 Å². The second kappa shape index (κ2) is 6.80. The van der Waals surface area contributed by atoms with E-state index < -0.39 is 5.41 Å². The molecule has 2 bridgehead atoms. The number of ether oxygens (including phenoxy) is 1. The van der Waals surface area contributed by atoms with Gasteiger partial charge in [0.1, 0.15) is 0 Å². The van der Waals surface area contributed by atoms with Gasteiger partial charge in [0, 0.05) is 31.6 Å². The molecule has 6 nitrogen and oxygen atoms in total. The van der Waals surface area contributed by atoms with Gasteiger partial charge in [-0.1, -0.05) is 0 Å².